The van der Waals surface area contributed by atoms with E-state index in [9.17, 15) is 0 Å². The molecule has 0 aliphatic carbocycles. The lowest BCUT2D eigenvalue weighted by molar-refractivity contribution is 0.281. The summed E-state index contributed by atoms with van der Waals surface area (Å²) in [5, 5.41) is 10.3. The molecule has 0 saturated carbocycles. The van der Waals surface area contributed by atoms with E-state index in [0.717, 1.165) is 11.3 Å². The van der Waals surface area contributed by atoms with Gasteiger partial charge in [-0.15, -0.1) is 0 Å². The summed E-state index contributed by atoms with van der Waals surface area (Å²) in [5.41, 5.74) is 4.19. The van der Waals surface area contributed by atoms with Crippen molar-refractivity contribution in [2.45, 2.75) is 6.54 Å². The Bertz CT molecular complexity index is 344. The van der Waals surface area contributed by atoms with Crippen LogP contribution in [-0.2, 0) is 6.54 Å². The van der Waals surface area contributed by atoms with Crippen LogP contribution in [0.15, 0.2) is 24.3 Å². The molecule has 0 fully saturated rings. The van der Waals surface area contributed by atoms with E-state index in [2.05, 4.69) is 5.43 Å². The van der Waals surface area contributed by atoms with Crippen molar-refractivity contribution in [3.63, 3.8) is 0 Å². The zero-order valence-electron chi connectivity index (χ0n) is 9.03. The Morgan fingerprint density at radius 3 is 2.80 bits per heavy atom. The Hall–Kier alpha value is -1.57. The first-order valence-electron chi connectivity index (χ1n) is 4.72. The zero-order chi connectivity index (χ0) is 11.1. The van der Waals surface area contributed by atoms with E-state index >= 15 is 0 Å². The van der Waals surface area contributed by atoms with Crippen LogP contribution in [0.5, 0.6) is 5.75 Å². The summed E-state index contributed by atoms with van der Waals surface area (Å²) in [7, 11) is 3.86. The van der Waals surface area contributed by atoms with E-state index in [1.807, 2.05) is 49.4 Å². The first kappa shape index (κ1) is 11.5. The van der Waals surface area contributed by atoms with Crippen molar-refractivity contribution in [1.29, 1.82) is 5.26 Å². The molecule has 0 spiro atoms. The van der Waals surface area contributed by atoms with Gasteiger partial charge in [0.1, 0.15) is 11.8 Å². The third kappa shape index (κ3) is 3.98. The van der Waals surface area contributed by atoms with E-state index in [-0.39, 0.29) is 6.61 Å². The van der Waals surface area contributed by atoms with Gasteiger partial charge in [0.25, 0.3) is 0 Å². The first-order valence-corrected chi connectivity index (χ1v) is 4.72. The molecule has 0 bridgehead atoms. The number of para-hydroxylation sites is 1. The maximum atomic E-state index is 8.44. The van der Waals surface area contributed by atoms with E-state index in [0.29, 0.717) is 6.54 Å². The summed E-state index contributed by atoms with van der Waals surface area (Å²) in [6, 6.07) is 9.64. The van der Waals surface area contributed by atoms with Gasteiger partial charge in [-0.25, -0.2) is 0 Å². The number of nitrogens with one attached hydrogen (secondary N) is 1. The van der Waals surface area contributed by atoms with Gasteiger partial charge in [-0.2, -0.15) is 5.26 Å². The molecular formula is C11H15N3O. The normalized spacial score (nSPS) is 10.0. The topological polar surface area (TPSA) is 48.3 Å². The Morgan fingerprint density at radius 2 is 2.13 bits per heavy atom. The molecule has 0 amide bonds. The van der Waals surface area contributed by atoms with E-state index in [4.69, 9.17) is 10.00 Å². The van der Waals surface area contributed by atoms with Gasteiger partial charge in [-0.1, -0.05) is 18.2 Å². The van der Waals surface area contributed by atoms with Crippen LogP contribution in [0.3, 0.4) is 0 Å². The Kier molecular flexibility index (Phi) is 4.61. The lowest BCUT2D eigenvalue weighted by Gasteiger charge is -2.14. The molecule has 0 aliphatic heterocycles. The summed E-state index contributed by atoms with van der Waals surface area (Å²) in [6.45, 7) is 0.771. The Labute approximate surface area is 90.0 Å². The molecule has 0 aromatic heterocycles. The number of nitrogens with zero attached hydrogens (tertiary/aromatic N) is 2. The number of rotatable bonds is 5. The van der Waals surface area contributed by atoms with Gasteiger partial charge in [-0.05, 0) is 6.07 Å². The fraction of sp³-hybridized carbons (Fsp3) is 0.364. The number of nitriles is 1. The third-order valence-electron chi connectivity index (χ3n) is 1.85. The van der Waals surface area contributed by atoms with Gasteiger partial charge in [0.15, 0.2) is 6.61 Å². The minimum Gasteiger partial charge on any atom is -0.478 e. The fourth-order valence-corrected chi connectivity index (χ4v) is 1.14. The SMILES string of the molecule is CN(C)NCc1ccccc1OCC#N. The minimum atomic E-state index is 0.0823. The van der Waals surface area contributed by atoms with Crippen LogP contribution in [0.25, 0.3) is 0 Å². The predicted octanol–water partition coefficient (Wildman–Crippen LogP) is 1.16. The first-order chi connectivity index (χ1) is 7.24. The molecule has 0 aliphatic rings. The lowest BCUT2D eigenvalue weighted by Crippen LogP contribution is -2.29. The Morgan fingerprint density at radius 1 is 1.40 bits per heavy atom. The second-order valence-corrected chi connectivity index (χ2v) is 3.28. The van der Waals surface area contributed by atoms with E-state index in [1.54, 1.807) is 0 Å². The molecule has 15 heavy (non-hydrogen) atoms. The molecular weight excluding hydrogens is 190 g/mol. The van der Waals surface area contributed by atoms with Crippen LogP contribution in [0.4, 0.5) is 0 Å². The van der Waals surface area contributed by atoms with Crippen LogP contribution in [0.2, 0.25) is 0 Å². The largest absolute Gasteiger partial charge is 0.478 e. The number of hydrogen-bond donors (Lipinski definition) is 1. The summed E-state index contributed by atoms with van der Waals surface area (Å²) in [5.74, 6) is 0.758. The number of hydrogen-bond acceptors (Lipinski definition) is 4. The summed E-state index contributed by atoms with van der Waals surface area (Å²) in [6.07, 6.45) is 0. The van der Waals surface area contributed by atoms with Crippen molar-refractivity contribution in [3.05, 3.63) is 29.8 Å². The van der Waals surface area contributed by atoms with Gasteiger partial charge >= 0.3 is 0 Å². The highest BCUT2D eigenvalue weighted by Gasteiger charge is 2.02. The maximum absolute atomic E-state index is 8.44. The van der Waals surface area contributed by atoms with Gasteiger partial charge < -0.3 is 4.74 Å². The summed E-state index contributed by atoms with van der Waals surface area (Å²) >= 11 is 0. The molecule has 4 nitrogen and oxygen atoms in total. The second-order valence-electron chi connectivity index (χ2n) is 3.28. The molecule has 0 radical (unpaired) electrons. The number of ether oxygens (including phenoxy) is 1. The Balaban J connectivity index is 2.64. The molecule has 0 saturated heterocycles. The van der Waals surface area contributed by atoms with Crippen LogP contribution in [0, 0.1) is 11.3 Å². The molecule has 0 heterocycles. The minimum absolute atomic E-state index is 0.0823. The lowest BCUT2D eigenvalue weighted by atomic mass is 10.2. The molecule has 0 atom stereocenters. The summed E-state index contributed by atoms with van der Waals surface area (Å²) in [4.78, 5) is 0. The van der Waals surface area contributed by atoms with Crippen LogP contribution in [0.1, 0.15) is 5.56 Å². The zero-order valence-corrected chi connectivity index (χ0v) is 9.03. The third-order valence-corrected chi connectivity index (χ3v) is 1.85. The van der Waals surface area contributed by atoms with Crippen molar-refractivity contribution in [1.82, 2.24) is 10.4 Å². The molecule has 1 N–H and O–H groups in total. The van der Waals surface area contributed by atoms with Crippen molar-refractivity contribution >= 4 is 0 Å². The molecule has 80 valence electrons. The van der Waals surface area contributed by atoms with E-state index < -0.39 is 0 Å². The standard InChI is InChI=1S/C11H15N3O/c1-14(2)13-9-10-5-3-4-6-11(10)15-8-7-12/h3-6,13H,8-9H2,1-2H3. The van der Waals surface area contributed by atoms with Crippen LogP contribution < -0.4 is 10.2 Å². The van der Waals surface area contributed by atoms with Crippen molar-refractivity contribution in [2.75, 3.05) is 20.7 Å². The van der Waals surface area contributed by atoms with E-state index in [1.165, 1.54) is 0 Å². The fourth-order valence-electron chi connectivity index (χ4n) is 1.14. The number of hydrazine groups is 1. The molecule has 4 heteroatoms. The monoisotopic (exact) mass is 205 g/mol. The maximum Gasteiger partial charge on any atom is 0.174 e. The van der Waals surface area contributed by atoms with Gasteiger partial charge in [-0.3, -0.25) is 10.4 Å². The quantitative estimate of drug-likeness (QED) is 0.733. The van der Waals surface area contributed by atoms with Crippen LogP contribution >= 0.6 is 0 Å². The molecule has 0 unspecified atom stereocenters. The predicted molar refractivity (Wildman–Crippen MR) is 58.1 cm³/mol. The van der Waals surface area contributed by atoms with Crippen LogP contribution in [-0.4, -0.2) is 25.7 Å². The van der Waals surface area contributed by atoms with Gasteiger partial charge in [0.05, 0.1) is 0 Å². The van der Waals surface area contributed by atoms with Crippen molar-refractivity contribution < 1.29 is 4.74 Å². The van der Waals surface area contributed by atoms with Gasteiger partial charge in [0, 0.05) is 26.2 Å². The highest BCUT2D eigenvalue weighted by atomic mass is 16.5. The van der Waals surface area contributed by atoms with Gasteiger partial charge in [0.2, 0.25) is 0 Å². The number of benzene rings is 1. The van der Waals surface area contributed by atoms with Crippen molar-refractivity contribution in [2.24, 2.45) is 0 Å². The molecule has 1 aromatic rings. The summed E-state index contributed by atoms with van der Waals surface area (Å²) < 4.78 is 5.30. The highest BCUT2D eigenvalue weighted by molar-refractivity contribution is 5.33. The molecule has 1 rings (SSSR count). The average molecular weight is 205 g/mol. The smallest absolute Gasteiger partial charge is 0.174 e. The molecule has 1 aromatic carbocycles. The second kappa shape index (κ2) is 6.02. The van der Waals surface area contributed by atoms with Crippen molar-refractivity contribution in [3.8, 4) is 11.8 Å². The average Bonchev–Trinajstić information content (AvgIpc) is 2.24. The highest BCUT2D eigenvalue weighted by Crippen LogP contribution is 2.17.